The monoisotopic (exact) mass is 464 g/mol. The van der Waals surface area contributed by atoms with Gasteiger partial charge in [-0.05, 0) is 56.1 Å². The molecule has 0 bridgehead atoms. The van der Waals surface area contributed by atoms with E-state index < -0.39 is 11.5 Å². The van der Waals surface area contributed by atoms with E-state index in [-0.39, 0.29) is 24.1 Å². The topological polar surface area (TPSA) is 125 Å². The number of aromatic amines is 1. The number of carbonyl (C=O) groups is 2. The van der Waals surface area contributed by atoms with Crippen LogP contribution in [0.25, 0.3) is 10.9 Å². The second kappa shape index (κ2) is 10.2. The molecule has 0 radical (unpaired) electrons. The summed E-state index contributed by atoms with van der Waals surface area (Å²) in [5.74, 6) is -0.359. The van der Waals surface area contributed by atoms with Crippen molar-refractivity contribution >= 4 is 22.7 Å². The molecule has 1 fully saturated rings. The highest BCUT2D eigenvalue weighted by Crippen LogP contribution is 2.34. The summed E-state index contributed by atoms with van der Waals surface area (Å²) in [5, 5.41) is 6.55. The van der Waals surface area contributed by atoms with E-state index in [0.29, 0.717) is 18.0 Å². The molecule has 0 spiro atoms. The number of aromatic nitrogens is 2. The maximum Gasteiger partial charge on any atom is 0.263 e. The fourth-order valence-corrected chi connectivity index (χ4v) is 4.36. The number of benzene rings is 1. The molecule has 5 N–H and O–H groups in total. The molecule has 1 aliphatic carbocycles. The Morgan fingerprint density at radius 2 is 2.06 bits per heavy atom. The van der Waals surface area contributed by atoms with E-state index >= 15 is 0 Å². The third kappa shape index (κ3) is 5.21. The summed E-state index contributed by atoms with van der Waals surface area (Å²) in [6.45, 7) is 2.66. The zero-order valence-electron chi connectivity index (χ0n) is 19.6. The summed E-state index contributed by atoms with van der Waals surface area (Å²) in [4.78, 5) is 43.8. The Balaban J connectivity index is 1.53. The lowest BCUT2D eigenvalue weighted by Gasteiger charge is -2.15. The minimum absolute atomic E-state index is 0.0489. The van der Waals surface area contributed by atoms with E-state index in [9.17, 15) is 14.4 Å². The maximum atomic E-state index is 13.1. The molecular weight excluding hydrogens is 432 g/mol. The number of pyridine rings is 1. The first kappa shape index (κ1) is 23.7. The maximum absolute atomic E-state index is 13.1. The quantitative estimate of drug-likeness (QED) is 0.358. The van der Waals surface area contributed by atoms with Crippen LogP contribution in [-0.2, 0) is 6.54 Å². The van der Waals surface area contributed by atoms with Crippen molar-refractivity contribution < 1.29 is 9.59 Å². The van der Waals surface area contributed by atoms with Gasteiger partial charge in [-0.2, -0.15) is 0 Å². The highest BCUT2D eigenvalue weighted by molar-refractivity contribution is 5.99. The van der Waals surface area contributed by atoms with Crippen LogP contribution in [0.5, 0.6) is 0 Å². The lowest BCUT2D eigenvalue weighted by molar-refractivity contribution is 0.0947. The second-order valence-corrected chi connectivity index (χ2v) is 8.97. The van der Waals surface area contributed by atoms with Gasteiger partial charge in [0.15, 0.2) is 0 Å². The number of likely N-dealkylation sites (N-methyl/N-ethyl adjacent to an activating group) is 1. The predicted octanol–water partition coefficient (Wildman–Crippen LogP) is 1.14. The molecule has 9 heteroatoms. The van der Waals surface area contributed by atoms with Gasteiger partial charge in [-0.1, -0.05) is 12.1 Å². The molecular formula is C25H32N6O3. The van der Waals surface area contributed by atoms with Crippen LogP contribution in [0.4, 0.5) is 0 Å². The van der Waals surface area contributed by atoms with Crippen LogP contribution < -0.4 is 21.9 Å². The van der Waals surface area contributed by atoms with Crippen molar-refractivity contribution in [1.82, 2.24) is 25.1 Å². The van der Waals surface area contributed by atoms with Gasteiger partial charge in [0.2, 0.25) is 0 Å². The van der Waals surface area contributed by atoms with E-state index in [1.54, 1.807) is 6.20 Å². The van der Waals surface area contributed by atoms with Gasteiger partial charge in [0.25, 0.3) is 17.4 Å². The minimum Gasteiger partial charge on any atom is -0.361 e. The van der Waals surface area contributed by atoms with Gasteiger partial charge in [0.1, 0.15) is 5.56 Å². The van der Waals surface area contributed by atoms with E-state index in [1.165, 1.54) is 17.7 Å². The average molecular weight is 465 g/mol. The molecule has 0 saturated heterocycles. The minimum atomic E-state index is -0.513. The molecule has 4 rings (SSSR count). The molecule has 2 atom stereocenters. The number of H-pyrrole nitrogens is 1. The normalized spacial score (nSPS) is 17.2. The lowest BCUT2D eigenvalue weighted by Crippen LogP contribution is -2.34. The lowest BCUT2D eigenvalue weighted by atomic mass is 10.1. The highest BCUT2D eigenvalue weighted by Gasteiger charge is 2.38. The number of hydrogen-bond acceptors (Lipinski definition) is 5. The van der Waals surface area contributed by atoms with Crippen molar-refractivity contribution in [3.63, 3.8) is 0 Å². The molecule has 9 nitrogen and oxygen atoms in total. The van der Waals surface area contributed by atoms with E-state index in [4.69, 9.17) is 5.73 Å². The van der Waals surface area contributed by atoms with Gasteiger partial charge in [0, 0.05) is 49.5 Å². The number of nitrogens with zero attached hydrogens (tertiary/aromatic N) is 2. The Morgan fingerprint density at radius 1 is 1.24 bits per heavy atom. The van der Waals surface area contributed by atoms with Gasteiger partial charge < -0.3 is 30.8 Å². The molecule has 1 aliphatic rings. The summed E-state index contributed by atoms with van der Waals surface area (Å²) in [6, 6.07) is 9.25. The van der Waals surface area contributed by atoms with Crippen molar-refractivity contribution in [3.05, 3.63) is 69.8 Å². The van der Waals surface area contributed by atoms with Crippen LogP contribution in [0.15, 0.2) is 47.5 Å². The number of nitrogens with one attached hydrogen (secondary N) is 3. The molecule has 2 amide bonds. The Labute approximate surface area is 198 Å². The number of amides is 2. The van der Waals surface area contributed by atoms with Crippen molar-refractivity contribution in [2.24, 2.45) is 11.7 Å². The number of nitrogens with two attached hydrogens (primary N) is 1. The zero-order chi connectivity index (χ0) is 24.2. The van der Waals surface area contributed by atoms with E-state index in [1.807, 2.05) is 37.5 Å². The van der Waals surface area contributed by atoms with Crippen LogP contribution >= 0.6 is 0 Å². The molecule has 1 saturated carbocycles. The highest BCUT2D eigenvalue weighted by atomic mass is 16.2. The summed E-state index contributed by atoms with van der Waals surface area (Å²) in [6.07, 6.45) is 5.31. The smallest absolute Gasteiger partial charge is 0.263 e. The van der Waals surface area contributed by atoms with Crippen molar-refractivity contribution in [1.29, 1.82) is 0 Å². The third-order valence-corrected chi connectivity index (χ3v) is 6.48. The van der Waals surface area contributed by atoms with Gasteiger partial charge in [0.05, 0.1) is 12.1 Å². The summed E-state index contributed by atoms with van der Waals surface area (Å²) >= 11 is 0. The number of hydrogen-bond donors (Lipinski definition) is 4. The molecule has 34 heavy (non-hydrogen) atoms. The standard InChI is InChI=1S/C25H32N6O3/c1-27-24(33)20-12-18(23(32)29-22-13-16(22)7-10-30(2)11-8-26)15-31(25(20)34)14-17-4-3-5-21-19(17)6-9-28-21/h3-6,9,12,15-16,22,28H,7-8,10-11,13-14,26H2,1-2H3,(H,27,33)(H,29,32)/t16-,22-/m0/s1. The largest absolute Gasteiger partial charge is 0.361 e. The first-order chi connectivity index (χ1) is 16.4. The summed E-state index contributed by atoms with van der Waals surface area (Å²) < 4.78 is 1.44. The van der Waals surface area contributed by atoms with Crippen LogP contribution in [0.2, 0.25) is 0 Å². The van der Waals surface area contributed by atoms with E-state index in [2.05, 4.69) is 20.5 Å². The van der Waals surface area contributed by atoms with Crippen molar-refractivity contribution in [3.8, 4) is 0 Å². The Kier molecular flexibility index (Phi) is 7.14. The fourth-order valence-electron chi connectivity index (χ4n) is 4.36. The number of carbonyl (C=O) groups excluding carboxylic acids is 2. The summed E-state index contributed by atoms with van der Waals surface area (Å²) in [5.41, 5.74) is 7.29. The first-order valence-corrected chi connectivity index (χ1v) is 11.6. The summed E-state index contributed by atoms with van der Waals surface area (Å²) in [7, 11) is 3.51. The van der Waals surface area contributed by atoms with Crippen LogP contribution in [0.1, 0.15) is 39.1 Å². The third-order valence-electron chi connectivity index (χ3n) is 6.48. The van der Waals surface area contributed by atoms with Crippen molar-refractivity contribution in [2.45, 2.75) is 25.4 Å². The van der Waals surface area contributed by atoms with Crippen molar-refractivity contribution in [2.75, 3.05) is 33.7 Å². The first-order valence-electron chi connectivity index (χ1n) is 11.6. The molecule has 1 aromatic carbocycles. The molecule has 0 unspecified atom stereocenters. The molecule has 3 aromatic rings. The van der Waals surface area contributed by atoms with Crippen LogP contribution in [-0.4, -0.2) is 66.0 Å². The Hall–Kier alpha value is -3.43. The molecule has 2 aromatic heterocycles. The molecule has 180 valence electrons. The fraction of sp³-hybridized carbons (Fsp3) is 0.400. The van der Waals surface area contributed by atoms with Gasteiger partial charge in [-0.25, -0.2) is 0 Å². The van der Waals surface area contributed by atoms with Gasteiger partial charge in [-0.15, -0.1) is 0 Å². The SMILES string of the molecule is CNC(=O)c1cc(C(=O)N[C@H]2C[C@@H]2CCN(C)CCN)cn(Cc2cccc3[nH]ccc23)c1=O. The molecule has 0 aliphatic heterocycles. The van der Waals surface area contributed by atoms with Crippen LogP contribution in [0.3, 0.4) is 0 Å². The Bertz CT molecular complexity index is 1250. The van der Waals surface area contributed by atoms with Crippen LogP contribution in [0, 0.1) is 5.92 Å². The predicted molar refractivity (Wildman–Crippen MR) is 132 cm³/mol. The molecule has 2 heterocycles. The van der Waals surface area contributed by atoms with Gasteiger partial charge >= 0.3 is 0 Å². The zero-order valence-corrected chi connectivity index (χ0v) is 19.6. The number of fused-ring (bicyclic) bond motifs is 1. The average Bonchev–Trinajstić information content (AvgIpc) is 3.37. The second-order valence-electron chi connectivity index (χ2n) is 8.97. The van der Waals surface area contributed by atoms with E-state index in [0.717, 1.165) is 42.4 Å². The van der Waals surface area contributed by atoms with Gasteiger partial charge in [-0.3, -0.25) is 14.4 Å². The Morgan fingerprint density at radius 3 is 2.82 bits per heavy atom. The number of rotatable bonds is 10.